The van der Waals surface area contributed by atoms with Crippen molar-refractivity contribution in [1.82, 2.24) is 4.90 Å². The predicted molar refractivity (Wildman–Crippen MR) is 108 cm³/mol. The number of anilines is 2. The molecule has 0 aromatic heterocycles. The highest BCUT2D eigenvalue weighted by Crippen LogP contribution is 2.49. The molecule has 0 bridgehead atoms. The molecule has 2 nitrogen and oxygen atoms in total. The van der Waals surface area contributed by atoms with Gasteiger partial charge in [0.25, 0.3) is 0 Å². The molecule has 4 rings (SSSR count). The molecule has 0 N–H and O–H groups in total. The number of rotatable bonds is 2. The van der Waals surface area contributed by atoms with Crippen molar-refractivity contribution in [2.24, 2.45) is 5.41 Å². The largest absolute Gasteiger partial charge is 0.336 e. The third-order valence-electron chi connectivity index (χ3n) is 5.09. The van der Waals surface area contributed by atoms with Crippen LogP contribution >= 0.6 is 11.8 Å². The van der Waals surface area contributed by atoms with Gasteiger partial charge in [-0.3, -0.25) is 0 Å². The minimum absolute atomic E-state index is 0.383. The zero-order valence-corrected chi connectivity index (χ0v) is 16.4. The van der Waals surface area contributed by atoms with Gasteiger partial charge in [0.15, 0.2) is 0 Å². The van der Waals surface area contributed by atoms with Gasteiger partial charge in [-0.15, -0.1) is 0 Å². The number of nitrogens with zero attached hydrogens (tertiary/aromatic N) is 2. The molecule has 0 aliphatic carbocycles. The summed E-state index contributed by atoms with van der Waals surface area (Å²) in [6.45, 7) is 10.6. The molecule has 1 fully saturated rings. The number of hydrogen-bond acceptors (Lipinski definition) is 3. The number of benzene rings is 2. The molecule has 2 aliphatic rings. The van der Waals surface area contributed by atoms with E-state index in [9.17, 15) is 0 Å². The van der Waals surface area contributed by atoms with Crippen LogP contribution in [0.3, 0.4) is 0 Å². The first-order valence-corrected chi connectivity index (χ1v) is 10.2. The second-order valence-corrected chi connectivity index (χ2v) is 9.56. The van der Waals surface area contributed by atoms with Crippen LogP contribution in [0.25, 0.3) is 0 Å². The third-order valence-corrected chi connectivity index (χ3v) is 6.22. The molecule has 25 heavy (non-hydrogen) atoms. The van der Waals surface area contributed by atoms with Crippen LogP contribution < -0.4 is 4.90 Å². The maximum absolute atomic E-state index is 2.65. The lowest BCUT2D eigenvalue weighted by molar-refractivity contribution is 0.154. The summed E-state index contributed by atoms with van der Waals surface area (Å²) < 4.78 is 0. The van der Waals surface area contributed by atoms with Crippen LogP contribution in [0.2, 0.25) is 0 Å². The van der Waals surface area contributed by atoms with Crippen molar-refractivity contribution in [3.05, 3.63) is 48.5 Å². The van der Waals surface area contributed by atoms with Crippen LogP contribution in [0.1, 0.15) is 33.6 Å². The van der Waals surface area contributed by atoms with Gasteiger partial charge in [-0.05, 0) is 42.5 Å². The Balaban J connectivity index is 1.59. The molecule has 0 atom stereocenters. The van der Waals surface area contributed by atoms with E-state index < -0.39 is 0 Å². The Morgan fingerprint density at radius 1 is 0.880 bits per heavy atom. The molecule has 0 saturated carbocycles. The second-order valence-electron chi connectivity index (χ2n) is 8.48. The summed E-state index contributed by atoms with van der Waals surface area (Å²) in [5, 5.41) is 0. The van der Waals surface area contributed by atoms with E-state index >= 15 is 0 Å². The van der Waals surface area contributed by atoms with Crippen molar-refractivity contribution in [3.63, 3.8) is 0 Å². The highest BCUT2D eigenvalue weighted by Gasteiger charge is 2.32. The van der Waals surface area contributed by atoms with Crippen molar-refractivity contribution >= 4 is 23.1 Å². The summed E-state index contributed by atoms with van der Waals surface area (Å²) in [5.74, 6) is 0. The molecule has 0 amide bonds. The average Bonchev–Trinajstić information content (AvgIpc) is 2.59. The SMILES string of the molecule is CC(C)(C)CN1CCC(N2c3ccccc3Sc3ccccc32)CC1. The van der Waals surface area contributed by atoms with Gasteiger partial charge in [0, 0.05) is 35.5 Å². The predicted octanol–water partition coefficient (Wildman–Crippen LogP) is 5.80. The molecule has 2 aromatic carbocycles. The summed E-state index contributed by atoms with van der Waals surface area (Å²) in [6.07, 6.45) is 2.48. The normalized spacial score (nSPS) is 18.8. The molecule has 0 spiro atoms. The Labute approximate surface area is 156 Å². The second kappa shape index (κ2) is 6.69. The van der Waals surface area contributed by atoms with Crippen molar-refractivity contribution in [3.8, 4) is 0 Å². The van der Waals surface area contributed by atoms with Crippen molar-refractivity contribution in [1.29, 1.82) is 0 Å². The van der Waals surface area contributed by atoms with E-state index in [-0.39, 0.29) is 0 Å². The molecule has 3 heteroatoms. The van der Waals surface area contributed by atoms with Gasteiger partial charge in [0.05, 0.1) is 11.4 Å². The Morgan fingerprint density at radius 3 is 1.92 bits per heavy atom. The highest BCUT2D eigenvalue weighted by atomic mass is 32.2. The maximum Gasteiger partial charge on any atom is 0.0555 e. The summed E-state index contributed by atoms with van der Waals surface area (Å²) in [6, 6.07) is 18.4. The fourth-order valence-electron chi connectivity index (χ4n) is 4.13. The van der Waals surface area contributed by atoms with Gasteiger partial charge in [-0.1, -0.05) is 56.8 Å². The first kappa shape index (κ1) is 17.0. The van der Waals surface area contributed by atoms with Crippen molar-refractivity contribution in [2.45, 2.75) is 49.4 Å². The summed E-state index contributed by atoms with van der Waals surface area (Å²) in [5.41, 5.74) is 3.16. The lowest BCUT2D eigenvalue weighted by Gasteiger charge is -2.43. The molecule has 1 saturated heterocycles. The van der Waals surface area contributed by atoms with Crippen LogP contribution in [0.15, 0.2) is 58.3 Å². The smallest absolute Gasteiger partial charge is 0.0555 e. The molecule has 2 aromatic rings. The van der Waals surface area contributed by atoms with Crippen LogP contribution in [0, 0.1) is 5.41 Å². The topological polar surface area (TPSA) is 6.48 Å². The standard InChI is InChI=1S/C22H28N2S/c1-22(2,3)16-23-14-12-17(13-15-23)24-18-8-4-6-10-20(18)25-21-11-7-5-9-19(21)24/h4-11,17H,12-16H2,1-3H3. The quantitative estimate of drug-likeness (QED) is 0.674. The minimum atomic E-state index is 0.383. The fraction of sp³-hybridized carbons (Fsp3) is 0.455. The lowest BCUT2D eigenvalue weighted by Crippen LogP contribution is -2.46. The van der Waals surface area contributed by atoms with E-state index in [1.165, 1.54) is 53.6 Å². The van der Waals surface area contributed by atoms with Gasteiger partial charge < -0.3 is 9.80 Å². The lowest BCUT2D eigenvalue weighted by atomic mass is 9.93. The molecular weight excluding hydrogens is 324 g/mol. The van der Waals surface area contributed by atoms with Gasteiger partial charge in [-0.25, -0.2) is 0 Å². The number of hydrogen-bond donors (Lipinski definition) is 0. The summed E-state index contributed by atoms with van der Waals surface area (Å²) in [7, 11) is 0. The van der Waals surface area contributed by atoms with E-state index in [4.69, 9.17) is 0 Å². The van der Waals surface area contributed by atoms with Gasteiger partial charge in [-0.2, -0.15) is 0 Å². The van der Waals surface area contributed by atoms with Crippen molar-refractivity contribution in [2.75, 3.05) is 24.5 Å². The first-order valence-electron chi connectivity index (χ1n) is 9.39. The Bertz CT molecular complexity index is 696. The third kappa shape index (κ3) is 3.58. The maximum atomic E-state index is 2.65. The molecule has 0 radical (unpaired) electrons. The Kier molecular flexibility index (Phi) is 4.55. The van der Waals surface area contributed by atoms with Gasteiger partial charge in [0.1, 0.15) is 0 Å². The monoisotopic (exact) mass is 352 g/mol. The summed E-state index contributed by atoms with van der Waals surface area (Å²) >= 11 is 1.91. The van der Waals surface area contributed by atoms with Crippen LogP contribution in [-0.4, -0.2) is 30.6 Å². The van der Waals surface area contributed by atoms with E-state index in [0.29, 0.717) is 11.5 Å². The van der Waals surface area contributed by atoms with Crippen molar-refractivity contribution < 1.29 is 0 Å². The number of likely N-dealkylation sites (tertiary alicyclic amines) is 1. The van der Waals surface area contributed by atoms with E-state index in [1.807, 2.05) is 11.8 Å². The van der Waals surface area contributed by atoms with E-state index in [1.54, 1.807) is 0 Å². The molecule has 132 valence electrons. The fourth-order valence-corrected chi connectivity index (χ4v) is 5.21. The Hall–Kier alpha value is -1.45. The molecular formula is C22H28N2S. The minimum Gasteiger partial charge on any atom is -0.336 e. The molecule has 2 heterocycles. The van der Waals surface area contributed by atoms with Gasteiger partial charge >= 0.3 is 0 Å². The highest BCUT2D eigenvalue weighted by molar-refractivity contribution is 7.99. The van der Waals surface area contributed by atoms with Crippen LogP contribution in [-0.2, 0) is 0 Å². The van der Waals surface area contributed by atoms with Crippen LogP contribution in [0.4, 0.5) is 11.4 Å². The zero-order valence-electron chi connectivity index (χ0n) is 15.5. The van der Waals surface area contributed by atoms with Gasteiger partial charge in [0.2, 0.25) is 0 Å². The average molecular weight is 353 g/mol. The van der Waals surface area contributed by atoms with Crippen LogP contribution in [0.5, 0.6) is 0 Å². The van der Waals surface area contributed by atoms with E-state index in [2.05, 4.69) is 79.1 Å². The number of fused-ring (bicyclic) bond motifs is 2. The zero-order chi connectivity index (χ0) is 17.4. The summed E-state index contributed by atoms with van der Waals surface area (Å²) in [4.78, 5) is 8.04. The first-order chi connectivity index (χ1) is 12.0. The molecule has 2 aliphatic heterocycles. The Morgan fingerprint density at radius 2 is 1.40 bits per heavy atom. The van der Waals surface area contributed by atoms with E-state index in [0.717, 1.165) is 0 Å². The number of para-hydroxylation sites is 2. The number of piperidine rings is 1. The molecule has 0 unspecified atom stereocenters.